The first-order valence-electron chi connectivity index (χ1n) is 8.23. The fourth-order valence-electron chi connectivity index (χ4n) is 1.17. The van der Waals surface area contributed by atoms with E-state index < -0.39 is 0 Å². The molecule has 0 aromatic heterocycles. The highest BCUT2D eigenvalue weighted by atomic mass is 13.9. The Hall–Kier alpha value is -1.56. The minimum absolute atomic E-state index is 1.32. The maximum Gasteiger partial charge on any atom is -0.0398 e. The third-order valence-electron chi connectivity index (χ3n) is 2.16. The summed E-state index contributed by atoms with van der Waals surface area (Å²) in [5.41, 5.74) is 3.98. The van der Waals surface area contributed by atoms with Crippen molar-refractivity contribution in [3.8, 4) is 0 Å². The topological polar surface area (TPSA) is 0 Å². The molecule has 120 valence electrons. The highest BCUT2D eigenvalue weighted by Gasteiger charge is 1.79. The van der Waals surface area contributed by atoms with Gasteiger partial charge in [-0.05, 0) is 20.8 Å². The Bertz CT molecular complexity index is 350. The maximum absolute atomic E-state index is 2.12. The zero-order valence-electron chi connectivity index (χ0n) is 15.7. The Labute approximate surface area is 134 Å². The minimum Gasteiger partial charge on any atom is -0.0683 e. The molecule has 0 amide bonds. The van der Waals surface area contributed by atoms with Gasteiger partial charge in [0, 0.05) is 0 Å². The summed E-state index contributed by atoms with van der Waals surface area (Å²) in [7, 11) is 0. The zero-order valence-corrected chi connectivity index (χ0v) is 15.7. The number of benzene rings is 2. The first kappa shape index (κ1) is 24.5. The quantitative estimate of drug-likeness (QED) is 0.474. The van der Waals surface area contributed by atoms with Crippen LogP contribution in [0.25, 0.3) is 0 Å². The van der Waals surface area contributed by atoms with E-state index in [1.54, 1.807) is 0 Å². The van der Waals surface area contributed by atoms with Gasteiger partial charge in [-0.15, -0.1) is 0 Å². The van der Waals surface area contributed by atoms with Crippen molar-refractivity contribution in [2.75, 3.05) is 0 Å². The fourth-order valence-corrected chi connectivity index (χ4v) is 1.17. The molecule has 2 aromatic carbocycles. The molecule has 0 aliphatic carbocycles. The molecule has 0 atom stereocenters. The van der Waals surface area contributed by atoms with Crippen LogP contribution in [-0.4, -0.2) is 0 Å². The van der Waals surface area contributed by atoms with E-state index in [0.717, 1.165) is 0 Å². The second kappa shape index (κ2) is 20.8. The average Bonchev–Trinajstić information content (AvgIpc) is 2.57. The second-order valence-corrected chi connectivity index (χ2v) is 3.81. The summed E-state index contributed by atoms with van der Waals surface area (Å²) in [4.78, 5) is 0. The Morgan fingerprint density at radius 2 is 0.619 bits per heavy atom. The van der Waals surface area contributed by atoms with Crippen LogP contribution >= 0.6 is 0 Å². The van der Waals surface area contributed by atoms with Crippen LogP contribution in [0.4, 0.5) is 0 Å². The van der Waals surface area contributed by atoms with Gasteiger partial charge in [0.2, 0.25) is 0 Å². The standard InChI is InChI=1S/C8H10.C7H8.3C2H6/c1-7-3-5-8(2)6-4-7;1-7-5-3-2-4-6-7;3*1-2/h3-6H,1-2H3;2-6H,1H3;3*1-2H3. The van der Waals surface area contributed by atoms with E-state index in [-0.39, 0.29) is 0 Å². The predicted molar refractivity (Wildman–Crippen MR) is 101 cm³/mol. The molecule has 0 nitrogen and oxygen atoms in total. The monoisotopic (exact) mass is 288 g/mol. The van der Waals surface area contributed by atoms with Crippen LogP contribution in [0.1, 0.15) is 58.2 Å². The lowest BCUT2D eigenvalue weighted by atomic mass is 10.2. The molecule has 2 aromatic rings. The summed E-state index contributed by atoms with van der Waals surface area (Å²) >= 11 is 0. The third-order valence-corrected chi connectivity index (χ3v) is 2.16. The van der Waals surface area contributed by atoms with Crippen LogP contribution < -0.4 is 0 Å². The van der Waals surface area contributed by atoms with Crippen LogP contribution in [0.15, 0.2) is 54.6 Å². The van der Waals surface area contributed by atoms with E-state index >= 15 is 0 Å². The van der Waals surface area contributed by atoms with Crippen molar-refractivity contribution in [2.45, 2.75) is 62.3 Å². The number of hydrogen-bond acceptors (Lipinski definition) is 0. The molecule has 21 heavy (non-hydrogen) atoms. The molecule has 0 aliphatic rings. The van der Waals surface area contributed by atoms with Crippen LogP contribution in [0.2, 0.25) is 0 Å². The maximum atomic E-state index is 2.12. The van der Waals surface area contributed by atoms with Gasteiger partial charge in [0.1, 0.15) is 0 Å². The average molecular weight is 289 g/mol. The fraction of sp³-hybridized carbons (Fsp3) is 0.429. The molecule has 0 saturated heterocycles. The molecular weight excluding hydrogens is 252 g/mol. The molecule has 0 radical (unpaired) electrons. The number of aryl methyl sites for hydroxylation is 3. The molecule has 0 heteroatoms. The Morgan fingerprint density at radius 1 is 0.381 bits per heavy atom. The van der Waals surface area contributed by atoms with Crippen LogP contribution in [-0.2, 0) is 0 Å². The minimum atomic E-state index is 1.32. The van der Waals surface area contributed by atoms with Gasteiger partial charge < -0.3 is 0 Å². The van der Waals surface area contributed by atoms with Gasteiger partial charge in [-0.3, -0.25) is 0 Å². The Kier molecular flexibility index (Phi) is 24.2. The van der Waals surface area contributed by atoms with Gasteiger partial charge in [-0.1, -0.05) is 113 Å². The summed E-state index contributed by atoms with van der Waals surface area (Å²) in [6, 6.07) is 18.7. The summed E-state index contributed by atoms with van der Waals surface area (Å²) in [6.07, 6.45) is 0. The lowest BCUT2D eigenvalue weighted by Crippen LogP contribution is -1.70. The summed E-state index contributed by atoms with van der Waals surface area (Å²) in [5.74, 6) is 0. The number of hydrogen-bond donors (Lipinski definition) is 0. The highest BCUT2D eigenvalue weighted by molar-refractivity contribution is 5.19. The van der Waals surface area contributed by atoms with E-state index in [4.69, 9.17) is 0 Å². The molecule has 0 fully saturated rings. The van der Waals surface area contributed by atoms with Crippen molar-refractivity contribution in [2.24, 2.45) is 0 Å². The SMILES string of the molecule is CC.CC.CC.Cc1ccc(C)cc1.Cc1ccccc1. The number of rotatable bonds is 0. The van der Waals surface area contributed by atoms with Crippen molar-refractivity contribution in [1.29, 1.82) is 0 Å². The van der Waals surface area contributed by atoms with Crippen LogP contribution in [0.5, 0.6) is 0 Å². The van der Waals surface area contributed by atoms with Crippen molar-refractivity contribution in [1.82, 2.24) is 0 Å². The Balaban J connectivity index is -0.000000229. The normalized spacial score (nSPS) is 7.29. The van der Waals surface area contributed by atoms with Gasteiger partial charge in [-0.2, -0.15) is 0 Å². The highest BCUT2D eigenvalue weighted by Crippen LogP contribution is 1.99. The van der Waals surface area contributed by atoms with Gasteiger partial charge in [-0.25, -0.2) is 0 Å². The summed E-state index contributed by atoms with van der Waals surface area (Å²) in [6.45, 7) is 18.3. The second-order valence-electron chi connectivity index (χ2n) is 3.81. The van der Waals surface area contributed by atoms with Crippen molar-refractivity contribution in [3.63, 3.8) is 0 Å². The van der Waals surface area contributed by atoms with E-state index in [9.17, 15) is 0 Å². The van der Waals surface area contributed by atoms with E-state index in [0.29, 0.717) is 0 Å². The molecule has 0 heterocycles. The Morgan fingerprint density at radius 3 is 0.810 bits per heavy atom. The molecule has 0 bridgehead atoms. The molecule has 0 spiro atoms. The van der Waals surface area contributed by atoms with Crippen LogP contribution in [0, 0.1) is 20.8 Å². The zero-order chi connectivity index (χ0) is 17.1. The van der Waals surface area contributed by atoms with Gasteiger partial charge in [0.25, 0.3) is 0 Å². The largest absolute Gasteiger partial charge is 0.0683 e. The van der Waals surface area contributed by atoms with E-state index in [2.05, 4.69) is 57.2 Å². The smallest absolute Gasteiger partial charge is 0.0398 e. The first-order valence-corrected chi connectivity index (χ1v) is 8.23. The first-order chi connectivity index (χ1) is 10.2. The predicted octanol–water partition coefficient (Wildman–Crippen LogP) is 7.38. The van der Waals surface area contributed by atoms with E-state index in [1.807, 2.05) is 59.7 Å². The lowest BCUT2D eigenvalue weighted by Gasteiger charge is -1.90. The lowest BCUT2D eigenvalue weighted by molar-refractivity contribution is 1.40. The third kappa shape index (κ3) is 18.4. The summed E-state index contributed by atoms with van der Waals surface area (Å²) in [5, 5.41) is 0. The molecule has 0 N–H and O–H groups in total. The molecule has 0 aliphatic heterocycles. The van der Waals surface area contributed by atoms with Gasteiger partial charge in [0.05, 0.1) is 0 Å². The van der Waals surface area contributed by atoms with E-state index in [1.165, 1.54) is 16.7 Å². The van der Waals surface area contributed by atoms with Crippen molar-refractivity contribution >= 4 is 0 Å². The van der Waals surface area contributed by atoms with Crippen molar-refractivity contribution < 1.29 is 0 Å². The molecular formula is C21H36. The molecule has 0 unspecified atom stereocenters. The van der Waals surface area contributed by atoms with Gasteiger partial charge in [0.15, 0.2) is 0 Å². The van der Waals surface area contributed by atoms with Gasteiger partial charge >= 0.3 is 0 Å². The van der Waals surface area contributed by atoms with Crippen molar-refractivity contribution in [3.05, 3.63) is 71.3 Å². The summed E-state index contributed by atoms with van der Waals surface area (Å²) < 4.78 is 0. The molecule has 0 saturated carbocycles. The van der Waals surface area contributed by atoms with Crippen LogP contribution in [0.3, 0.4) is 0 Å². The molecule has 2 rings (SSSR count).